The Labute approximate surface area is 288 Å². The Morgan fingerprint density at radius 1 is 0.460 bits per heavy atom. The Morgan fingerprint density at radius 2 is 1.12 bits per heavy atom. The molecule has 6 aromatic carbocycles. The molecule has 0 saturated carbocycles. The zero-order valence-corrected chi connectivity index (χ0v) is 27.3. The van der Waals surface area contributed by atoms with Crippen LogP contribution in [0.5, 0.6) is 0 Å². The number of benzene rings is 6. The SMILES string of the molecule is Cc1nc(C)nc(-c2ccc3c4ccccc4n(-c4cccc5c4C(=O)N(c4ccc(-c6ccccc6)cc4-c4ccccc4)C5=O)c3c2)n1. The van der Waals surface area contributed by atoms with Crippen molar-refractivity contribution in [1.82, 2.24) is 19.5 Å². The topological polar surface area (TPSA) is 81.0 Å². The molecule has 238 valence electrons. The second-order valence-corrected chi connectivity index (χ2v) is 12.4. The molecule has 0 aliphatic carbocycles. The lowest BCUT2D eigenvalue weighted by atomic mass is 9.97. The first-order valence-corrected chi connectivity index (χ1v) is 16.5. The Morgan fingerprint density at radius 3 is 1.88 bits per heavy atom. The van der Waals surface area contributed by atoms with Gasteiger partial charge in [0.05, 0.1) is 33.5 Å². The first-order valence-electron chi connectivity index (χ1n) is 16.5. The summed E-state index contributed by atoms with van der Waals surface area (Å²) in [6.45, 7) is 3.71. The molecular formula is C43H29N5O2. The average Bonchev–Trinajstić information content (AvgIpc) is 3.61. The second-order valence-electron chi connectivity index (χ2n) is 12.4. The van der Waals surface area contributed by atoms with Crippen LogP contribution in [0.3, 0.4) is 0 Å². The van der Waals surface area contributed by atoms with Crippen molar-refractivity contribution >= 4 is 39.3 Å². The second kappa shape index (κ2) is 11.5. The normalized spacial score (nSPS) is 12.6. The number of fused-ring (bicyclic) bond motifs is 4. The predicted molar refractivity (Wildman–Crippen MR) is 198 cm³/mol. The number of anilines is 1. The molecular weight excluding hydrogens is 619 g/mol. The summed E-state index contributed by atoms with van der Waals surface area (Å²) in [5, 5.41) is 2.05. The van der Waals surface area contributed by atoms with Gasteiger partial charge in [0.1, 0.15) is 11.6 Å². The first kappa shape index (κ1) is 29.4. The maximum absolute atomic E-state index is 14.8. The molecule has 0 bridgehead atoms. The minimum Gasteiger partial charge on any atom is -0.308 e. The van der Waals surface area contributed by atoms with E-state index in [2.05, 4.69) is 55.9 Å². The highest BCUT2D eigenvalue weighted by molar-refractivity contribution is 6.36. The fourth-order valence-electron chi connectivity index (χ4n) is 7.18. The van der Waals surface area contributed by atoms with Crippen molar-refractivity contribution in [2.75, 3.05) is 4.90 Å². The molecule has 50 heavy (non-hydrogen) atoms. The van der Waals surface area contributed by atoms with Crippen LogP contribution in [0.25, 0.3) is 61.1 Å². The highest BCUT2D eigenvalue weighted by Crippen LogP contribution is 2.42. The van der Waals surface area contributed by atoms with Crippen LogP contribution in [-0.4, -0.2) is 31.3 Å². The van der Waals surface area contributed by atoms with E-state index in [1.54, 1.807) is 6.07 Å². The van der Waals surface area contributed by atoms with Gasteiger partial charge in [0.2, 0.25) is 0 Å². The minimum atomic E-state index is -0.365. The minimum absolute atomic E-state index is 0.353. The molecule has 2 aromatic heterocycles. The summed E-state index contributed by atoms with van der Waals surface area (Å²) >= 11 is 0. The number of aromatic nitrogens is 4. The van der Waals surface area contributed by atoms with Crippen LogP contribution in [0.2, 0.25) is 0 Å². The lowest BCUT2D eigenvalue weighted by Crippen LogP contribution is -2.30. The monoisotopic (exact) mass is 647 g/mol. The highest BCUT2D eigenvalue weighted by Gasteiger charge is 2.40. The number of carbonyl (C=O) groups excluding carboxylic acids is 2. The van der Waals surface area contributed by atoms with Crippen LogP contribution in [-0.2, 0) is 0 Å². The number of imide groups is 1. The molecule has 0 radical (unpaired) electrons. The fourth-order valence-corrected chi connectivity index (χ4v) is 7.18. The van der Waals surface area contributed by atoms with Crippen LogP contribution in [0.1, 0.15) is 32.4 Å². The maximum Gasteiger partial charge on any atom is 0.268 e. The zero-order chi connectivity index (χ0) is 33.9. The van der Waals surface area contributed by atoms with Gasteiger partial charge in [-0.15, -0.1) is 0 Å². The summed E-state index contributed by atoms with van der Waals surface area (Å²) in [4.78, 5) is 44.0. The lowest BCUT2D eigenvalue weighted by molar-refractivity contribution is 0.0926. The van der Waals surface area contributed by atoms with Crippen LogP contribution >= 0.6 is 0 Å². The molecule has 1 aliphatic heterocycles. The smallest absolute Gasteiger partial charge is 0.268 e. The van der Waals surface area contributed by atoms with E-state index in [9.17, 15) is 9.59 Å². The average molecular weight is 648 g/mol. The Kier molecular flexibility index (Phi) is 6.74. The molecule has 7 heteroatoms. The van der Waals surface area contributed by atoms with Crippen LogP contribution in [0, 0.1) is 13.8 Å². The zero-order valence-electron chi connectivity index (χ0n) is 27.3. The molecule has 1 aliphatic rings. The number of para-hydroxylation sites is 1. The third-order valence-corrected chi connectivity index (χ3v) is 9.35. The maximum atomic E-state index is 14.8. The van der Waals surface area contributed by atoms with E-state index in [0.717, 1.165) is 49.6 Å². The summed E-state index contributed by atoms with van der Waals surface area (Å²) in [6.07, 6.45) is 0. The third-order valence-electron chi connectivity index (χ3n) is 9.35. The largest absolute Gasteiger partial charge is 0.308 e. The number of hydrogen-bond donors (Lipinski definition) is 0. The van der Waals surface area contributed by atoms with Crippen molar-refractivity contribution in [3.8, 4) is 39.3 Å². The van der Waals surface area contributed by atoms with Crippen molar-refractivity contribution in [1.29, 1.82) is 0 Å². The Balaban J connectivity index is 1.24. The van der Waals surface area contributed by atoms with Crippen molar-refractivity contribution in [2.45, 2.75) is 13.8 Å². The lowest BCUT2D eigenvalue weighted by Gasteiger charge is -2.20. The fraction of sp³-hybridized carbons (Fsp3) is 0.0465. The van der Waals surface area contributed by atoms with Gasteiger partial charge in [-0.2, -0.15) is 0 Å². The van der Waals surface area contributed by atoms with Gasteiger partial charge in [-0.1, -0.05) is 103 Å². The molecule has 9 rings (SSSR count). The first-order chi connectivity index (χ1) is 24.5. The van der Waals surface area contributed by atoms with E-state index >= 15 is 0 Å². The number of aryl methyl sites for hydroxylation is 2. The standard InChI is InChI=1S/C43H29N5O2/c1-26-44-27(2)46-41(45-26)31-20-22-33-32-16-9-10-18-36(32)47(39(33)25-31)38-19-11-17-34-40(38)43(50)48(42(34)49)37-23-21-30(28-12-5-3-6-13-28)24-35(37)29-14-7-4-8-15-29/h3-25H,1-2H3. The number of rotatable bonds is 5. The van der Waals surface area contributed by atoms with Crippen molar-refractivity contribution in [3.63, 3.8) is 0 Å². The van der Waals surface area contributed by atoms with Crippen LogP contribution in [0.4, 0.5) is 5.69 Å². The summed E-state index contributed by atoms with van der Waals surface area (Å²) in [5.74, 6) is 1.15. The molecule has 8 aromatic rings. The molecule has 0 unspecified atom stereocenters. The van der Waals surface area contributed by atoms with E-state index in [-0.39, 0.29) is 11.8 Å². The summed E-state index contributed by atoms with van der Waals surface area (Å²) < 4.78 is 2.08. The van der Waals surface area contributed by atoms with Gasteiger partial charge in [-0.05, 0) is 66.9 Å². The van der Waals surface area contributed by atoms with Crippen molar-refractivity contribution in [3.05, 3.63) is 162 Å². The van der Waals surface area contributed by atoms with E-state index in [4.69, 9.17) is 0 Å². The van der Waals surface area contributed by atoms with Gasteiger partial charge in [0.15, 0.2) is 5.82 Å². The summed E-state index contributed by atoms with van der Waals surface area (Å²) in [5.41, 5.74) is 8.30. The van der Waals surface area contributed by atoms with Crippen molar-refractivity contribution < 1.29 is 9.59 Å². The number of amides is 2. The molecule has 3 heterocycles. The van der Waals surface area contributed by atoms with E-state index in [1.165, 1.54) is 4.90 Å². The number of nitrogens with zero attached hydrogens (tertiary/aromatic N) is 5. The summed E-state index contributed by atoms with van der Waals surface area (Å²) in [6, 6.07) is 45.7. The quantitative estimate of drug-likeness (QED) is 0.174. The van der Waals surface area contributed by atoms with Gasteiger partial charge < -0.3 is 4.57 Å². The highest BCUT2D eigenvalue weighted by atomic mass is 16.2. The Bertz CT molecular complexity index is 2640. The predicted octanol–water partition coefficient (Wildman–Crippen LogP) is 9.39. The van der Waals surface area contributed by atoms with Gasteiger partial charge in [0.25, 0.3) is 11.8 Å². The van der Waals surface area contributed by atoms with Gasteiger partial charge in [0, 0.05) is 21.9 Å². The van der Waals surface area contributed by atoms with E-state index < -0.39 is 0 Å². The summed E-state index contributed by atoms with van der Waals surface area (Å²) in [7, 11) is 0. The van der Waals surface area contributed by atoms with Crippen LogP contribution in [0.15, 0.2) is 140 Å². The number of carbonyl (C=O) groups is 2. The molecule has 0 fully saturated rings. The molecule has 0 spiro atoms. The molecule has 7 nitrogen and oxygen atoms in total. The van der Waals surface area contributed by atoms with Gasteiger partial charge in [-0.25, -0.2) is 19.9 Å². The molecule has 0 atom stereocenters. The van der Waals surface area contributed by atoms with Crippen LogP contribution < -0.4 is 4.90 Å². The van der Waals surface area contributed by atoms with E-state index in [1.807, 2.05) is 111 Å². The van der Waals surface area contributed by atoms with Crippen molar-refractivity contribution in [2.24, 2.45) is 0 Å². The molecule has 2 amide bonds. The Hall–Kier alpha value is -6.73. The molecule has 0 N–H and O–H groups in total. The third kappa shape index (κ3) is 4.63. The van der Waals surface area contributed by atoms with Gasteiger partial charge >= 0.3 is 0 Å². The molecule has 0 saturated heterocycles. The van der Waals surface area contributed by atoms with E-state index in [0.29, 0.717) is 40.0 Å². The van der Waals surface area contributed by atoms with Gasteiger partial charge in [-0.3, -0.25) is 9.59 Å². The number of hydrogen-bond acceptors (Lipinski definition) is 5.